The summed E-state index contributed by atoms with van der Waals surface area (Å²) < 4.78 is 5.62. The Kier molecular flexibility index (Phi) is 10.6. The largest absolute Gasteiger partial charge is 0.504 e. The van der Waals surface area contributed by atoms with Gasteiger partial charge in [-0.25, -0.2) is 0 Å². The number of Topliss-reactive ketones (excluding diaryl/α,β-unsaturated/α-hetero) is 1. The normalized spacial score (nSPS) is 36.0. The molecule has 5 aliphatic carbocycles. The molecular weight excluding hydrogens is 753 g/mol. The lowest BCUT2D eigenvalue weighted by atomic mass is 9.27. The van der Waals surface area contributed by atoms with E-state index in [1.54, 1.807) is 18.2 Å². The average molecular weight is 815 g/mol. The van der Waals surface area contributed by atoms with Gasteiger partial charge in [0.1, 0.15) is 5.78 Å². The van der Waals surface area contributed by atoms with Crippen molar-refractivity contribution in [3.63, 3.8) is 0 Å². The summed E-state index contributed by atoms with van der Waals surface area (Å²) in [7, 11) is 3.46. The molecule has 3 fully saturated rings. The van der Waals surface area contributed by atoms with Gasteiger partial charge in [0.15, 0.2) is 23.0 Å². The Hall–Kier alpha value is -4.33. The van der Waals surface area contributed by atoms with E-state index in [4.69, 9.17) is 4.74 Å². The third-order valence-corrected chi connectivity index (χ3v) is 16.4. The Morgan fingerprint density at radius 1 is 0.967 bits per heavy atom. The predicted octanol–water partition coefficient (Wildman–Crippen LogP) is 7.13. The lowest BCUT2D eigenvalue weighted by Crippen LogP contribution is -2.87. The Balaban J connectivity index is 1.33. The van der Waals surface area contributed by atoms with E-state index in [1.807, 2.05) is 31.3 Å². The van der Waals surface area contributed by atoms with Crippen LogP contribution in [0.2, 0.25) is 0 Å². The van der Waals surface area contributed by atoms with Gasteiger partial charge >= 0.3 is 0 Å². The second kappa shape index (κ2) is 15.5. The molecule has 1 spiro atoms. The maximum atomic E-state index is 15.8. The number of aromatic hydroxyl groups is 3. The monoisotopic (exact) mass is 814 g/mol. The third kappa shape index (κ3) is 5.91. The van der Waals surface area contributed by atoms with Gasteiger partial charge in [-0.3, -0.25) is 4.79 Å². The van der Waals surface area contributed by atoms with Crippen molar-refractivity contribution in [2.75, 3.05) is 27.2 Å². The van der Waals surface area contributed by atoms with E-state index >= 15 is 4.79 Å². The van der Waals surface area contributed by atoms with Gasteiger partial charge in [-0.2, -0.15) is 0 Å². The number of unbranched alkanes of at least 4 members (excludes halogenated alkanes) is 2. The molecule has 318 valence electrons. The molecule has 2 saturated carbocycles. The highest BCUT2D eigenvalue weighted by Crippen LogP contribution is 2.78. The van der Waals surface area contributed by atoms with E-state index in [0.29, 0.717) is 37.9 Å². The molecule has 0 radical (unpaired) electrons. The molecule has 1 heterocycles. The Morgan fingerprint density at radius 2 is 1.77 bits per heavy atom. The number of phenolic OH excluding ortho intramolecular Hbond substituents is 3. The minimum Gasteiger partial charge on any atom is -0.504 e. The van der Waals surface area contributed by atoms with Crippen LogP contribution in [-0.2, 0) is 23.2 Å². The number of phenols is 3. The van der Waals surface area contributed by atoms with Crippen molar-refractivity contribution in [1.82, 2.24) is 10.6 Å². The van der Waals surface area contributed by atoms with Crippen molar-refractivity contribution in [3.8, 4) is 34.8 Å². The van der Waals surface area contributed by atoms with Gasteiger partial charge in [-0.1, -0.05) is 86.9 Å². The van der Waals surface area contributed by atoms with E-state index in [-0.39, 0.29) is 65.5 Å². The zero-order valence-corrected chi connectivity index (χ0v) is 35.3. The molecule has 6 aliphatic rings. The lowest BCUT2D eigenvalue weighted by molar-refractivity contribution is -0.245. The fourth-order valence-electron chi connectivity index (χ4n) is 14.3. The number of piperidine rings is 1. The first-order valence-corrected chi connectivity index (χ1v) is 22.5. The molecule has 0 unspecified atom stereocenters. The van der Waals surface area contributed by atoms with Gasteiger partial charge in [-0.15, -0.1) is 0 Å². The highest BCUT2D eigenvalue weighted by Gasteiger charge is 2.81. The van der Waals surface area contributed by atoms with Gasteiger partial charge in [0, 0.05) is 65.5 Å². The number of methoxy groups -OCH3 is 1. The summed E-state index contributed by atoms with van der Waals surface area (Å²) in [5.41, 5.74) is 1.26. The first-order valence-electron chi connectivity index (χ1n) is 22.5. The molecule has 0 aromatic heterocycles. The number of fused-ring (bicyclic) bond motifs is 1. The standard InChI is InChI=1S/C51H62N2O7/c1-4-5-7-13-40-42(55)22-37(38-24-46(60-3)45(58)21-34(38)30-54)32(20-31-11-8-6-9-12-31)14-15-33-29-53-50-18-10-17-48-19-16-36(50)27-49(40,59)47(33)51(48,50)41-25-44(57)43(56)23-39(41)35(26-48)28-52-2/h6,8-9,11-12,16,19,21,23-25,32-33,35-37,40,47,52-54,56-59H,4-5,7,10,13,17-18,20,22,26-30H2,1-3H3/t32-,33+,35-,36+,37+,40+,47+,48-,49+,50-,51+/m1/s1. The number of allylic oxidation sites excluding steroid dienone is 1. The summed E-state index contributed by atoms with van der Waals surface area (Å²) in [5.74, 6) is 5.20. The number of benzene rings is 3. The molecule has 5 bridgehead atoms. The summed E-state index contributed by atoms with van der Waals surface area (Å²) >= 11 is 0. The molecule has 0 amide bonds. The van der Waals surface area contributed by atoms with Crippen LogP contribution < -0.4 is 15.4 Å². The van der Waals surface area contributed by atoms with Crippen molar-refractivity contribution in [2.24, 2.45) is 35.0 Å². The smallest absolute Gasteiger partial charge is 0.160 e. The van der Waals surface area contributed by atoms with Crippen LogP contribution in [0.15, 0.2) is 66.7 Å². The van der Waals surface area contributed by atoms with Crippen LogP contribution in [0, 0.1) is 46.8 Å². The van der Waals surface area contributed by atoms with Crippen LogP contribution in [0.1, 0.15) is 111 Å². The first-order chi connectivity index (χ1) is 29.0. The summed E-state index contributed by atoms with van der Waals surface area (Å²) in [6.45, 7) is 3.07. The van der Waals surface area contributed by atoms with Crippen LogP contribution in [0.25, 0.3) is 0 Å². The van der Waals surface area contributed by atoms with E-state index in [9.17, 15) is 25.5 Å². The zero-order valence-electron chi connectivity index (χ0n) is 35.3. The second-order valence-electron chi connectivity index (χ2n) is 19.1. The summed E-state index contributed by atoms with van der Waals surface area (Å²) in [6.07, 6.45) is 12.8. The number of aliphatic hydroxyl groups is 2. The van der Waals surface area contributed by atoms with Gasteiger partial charge < -0.3 is 40.9 Å². The highest BCUT2D eigenvalue weighted by atomic mass is 16.5. The predicted molar refractivity (Wildman–Crippen MR) is 231 cm³/mol. The Morgan fingerprint density at radius 3 is 2.52 bits per heavy atom. The number of rotatable bonds is 11. The number of aliphatic hydroxyl groups excluding tert-OH is 1. The van der Waals surface area contributed by atoms with Crippen molar-refractivity contribution < 1.29 is 35.1 Å². The highest BCUT2D eigenvalue weighted by molar-refractivity contribution is 5.84. The molecular formula is C51H62N2O7. The van der Waals surface area contributed by atoms with E-state index in [0.717, 1.165) is 67.2 Å². The minimum atomic E-state index is -1.45. The van der Waals surface area contributed by atoms with Crippen LogP contribution in [0.4, 0.5) is 0 Å². The number of nitrogens with one attached hydrogen (secondary N) is 2. The zero-order chi connectivity index (χ0) is 42.0. The number of hydrogen-bond acceptors (Lipinski definition) is 9. The van der Waals surface area contributed by atoms with E-state index in [2.05, 4.69) is 53.7 Å². The summed E-state index contributed by atoms with van der Waals surface area (Å²) in [5, 5.41) is 66.2. The molecule has 11 atom stereocenters. The first kappa shape index (κ1) is 41.0. The van der Waals surface area contributed by atoms with Gasteiger partial charge in [0.05, 0.1) is 19.3 Å². The molecule has 3 aromatic carbocycles. The average Bonchev–Trinajstić information content (AvgIpc) is 3.23. The molecule has 9 nitrogen and oxygen atoms in total. The Bertz CT molecular complexity index is 2230. The topological polar surface area (TPSA) is 152 Å². The molecule has 3 aromatic rings. The molecule has 7 N–H and O–H groups in total. The van der Waals surface area contributed by atoms with Crippen LogP contribution in [0.5, 0.6) is 23.0 Å². The Labute approximate surface area is 354 Å². The minimum absolute atomic E-state index is 0.000151. The SMILES string of the molecule is CCCCC[C@H]1C(=O)C[C@H](c2cc(OC)c(O)cc2CO)[C@@H](Cc2ccccc2)C#C[C@H]2CN[C@]34CCC[C@]56C=C[C@H]3C[C@@]1(O)[C@H]2[C@@]54c1cc(O)c(O)cc1[C@@H](CNC)C6. The van der Waals surface area contributed by atoms with E-state index in [1.165, 1.54) is 7.11 Å². The summed E-state index contributed by atoms with van der Waals surface area (Å²) in [6, 6.07) is 17.1. The lowest BCUT2D eigenvalue weighted by Gasteiger charge is -2.79. The number of carbonyl (C=O) groups excluding carboxylic acids is 1. The quantitative estimate of drug-likeness (QED) is 0.0465. The summed E-state index contributed by atoms with van der Waals surface area (Å²) in [4.78, 5) is 15.8. The molecule has 60 heavy (non-hydrogen) atoms. The number of ether oxygens (including phenoxy) is 1. The van der Waals surface area contributed by atoms with Crippen molar-refractivity contribution in [2.45, 2.75) is 113 Å². The second-order valence-corrected chi connectivity index (χ2v) is 19.1. The van der Waals surface area contributed by atoms with Crippen molar-refractivity contribution in [3.05, 3.63) is 94.6 Å². The maximum Gasteiger partial charge on any atom is 0.160 e. The van der Waals surface area contributed by atoms with Gasteiger partial charge in [-0.05, 0) is 109 Å². The van der Waals surface area contributed by atoms with Crippen LogP contribution in [0.3, 0.4) is 0 Å². The molecule has 9 rings (SSSR count). The van der Waals surface area contributed by atoms with Gasteiger partial charge in [0.2, 0.25) is 0 Å². The fraction of sp³-hybridized carbons (Fsp3) is 0.549. The van der Waals surface area contributed by atoms with Crippen LogP contribution >= 0.6 is 0 Å². The fourth-order valence-corrected chi connectivity index (χ4v) is 14.3. The number of carbonyl (C=O) groups is 1. The maximum absolute atomic E-state index is 15.8. The van der Waals surface area contributed by atoms with E-state index < -0.39 is 39.7 Å². The number of likely N-dealkylation sites (N-methyl/N-ethyl adjacent to an activating group) is 1. The number of ketones is 1. The molecule has 9 heteroatoms. The van der Waals surface area contributed by atoms with Crippen molar-refractivity contribution >= 4 is 5.78 Å². The molecule has 1 saturated heterocycles. The number of hydrogen-bond donors (Lipinski definition) is 7. The van der Waals surface area contributed by atoms with Crippen molar-refractivity contribution in [1.29, 1.82) is 0 Å². The molecule has 1 aliphatic heterocycles. The van der Waals surface area contributed by atoms with Gasteiger partial charge in [0.25, 0.3) is 0 Å². The third-order valence-electron chi connectivity index (χ3n) is 16.4. The van der Waals surface area contributed by atoms with Crippen LogP contribution in [-0.4, -0.2) is 69.7 Å².